The summed E-state index contributed by atoms with van der Waals surface area (Å²) in [7, 11) is 0. The highest BCUT2D eigenvalue weighted by Crippen LogP contribution is 2.28. The van der Waals surface area contributed by atoms with Crippen molar-refractivity contribution in [3.8, 4) is 11.1 Å². The molecule has 1 saturated carbocycles. The third kappa shape index (κ3) is 2.96. The lowest BCUT2D eigenvalue weighted by molar-refractivity contribution is 0.643. The van der Waals surface area contributed by atoms with Crippen molar-refractivity contribution in [3.63, 3.8) is 0 Å². The highest BCUT2D eigenvalue weighted by atomic mass is 32.1. The van der Waals surface area contributed by atoms with Gasteiger partial charge in [0.25, 0.3) is 0 Å². The maximum Gasteiger partial charge on any atom is 0.0300 e. The number of benzene rings is 1. The molecule has 1 aromatic heterocycles. The summed E-state index contributed by atoms with van der Waals surface area (Å²) in [6.07, 6.45) is 2.85. The van der Waals surface area contributed by atoms with Crippen LogP contribution in [0.1, 0.15) is 17.7 Å². The van der Waals surface area contributed by atoms with Crippen LogP contribution in [0, 0.1) is 5.92 Å². The Hall–Kier alpha value is -1.12. The molecular formula is C15H17NS. The Bertz CT molecular complexity index is 471. The van der Waals surface area contributed by atoms with E-state index >= 15 is 0 Å². The largest absolute Gasteiger partial charge is 0.312 e. The summed E-state index contributed by atoms with van der Waals surface area (Å²) >= 11 is 1.85. The van der Waals surface area contributed by atoms with E-state index in [9.17, 15) is 0 Å². The van der Waals surface area contributed by atoms with Gasteiger partial charge < -0.3 is 5.32 Å². The molecule has 1 aromatic carbocycles. The van der Waals surface area contributed by atoms with E-state index in [1.54, 1.807) is 0 Å². The van der Waals surface area contributed by atoms with E-state index in [0.717, 1.165) is 12.5 Å². The topological polar surface area (TPSA) is 12.0 Å². The minimum absolute atomic E-state index is 0.962. The van der Waals surface area contributed by atoms with Crippen molar-refractivity contribution >= 4 is 11.3 Å². The lowest BCUT2D eigenvalue weighted by Gasteiger charge is -2.00. The lowest BCUT2D eigenvalue weighted by Crippen LogP contribution is -2.15. The maximum absolute atomic E-state index is 3.54. The molecule has 2 heteroatoms. The van der Waals surface area contributed by atoms with E-state index in [2.05, 4.69) is 47.1 Å². The maximum atomic E-state index is 3.54. The third-order valence-corrected chi connectivity index (χ3v) is 4.13. The summed E-state index contributed by atoms with van der Waals surface area (Å²) in [6.45, 7) is 2.21. The quantitative estimate of drug-likeness (QED) is 0.839. The average molecular weight is 243 g/mol. The number of rotatable bonds is 5. The highest BCUT2D eigenvalue weighted by molar-refractivity contribution is 7.10. The second kappa shape index (κ2) is 5.03. The zero-order chi connectivity index (χ0) is 11.5. The van der Waals surface area contributed by atoms with E-state index in [0.29, 0.717) is 0 Å². The molecule has 3 rings (SSSR count). The molecule has 1 aliphatic rings. The molecule has 17 heavy (non-hydrogen) atoms. The molecule has 0 amide bonds. The Kier molecular flexibility index (Phi) is 3.25. The minimum atomic E-state index is 0.962. The number of hydrogen-bond acceptors (Lipinski definition) is 2. The van der Waals surface area contributed by atoms with Crippen LogP contribution in [-0.2, 0) is 6.54 Å². The Morgan fingerprint density at radius 3 is 2.71 bits per heavy atom. The first kappa shape index (κ1) is 11.0. The standard InChI is InChI=1S/C15H17NS/c1-2-4-13(5-3-1)14-8-15(17-11-14)10-16-9-12-6-7-12/h1-5,8,11-12,16H,6-7,9-10H2. The smallest absolute Gasteiger partial charge is 0.0300 e. The molecule has 0 bridgehead atoms. The summed E-state index contributed by atoms with van der Waals surface area (Å²) < 4.78 is 0. The SMILES string of the molecule is c1ccc(-c2csc(CNCC3CC3)c2)cc1. The third-order valence-electron chi connectivity index (χ3n) is 3.19. The van der Waals surface area contributed by atoms with E-state index in [4.69, 9.17) is 0 Å². The van der Waals surface area contributed by atoms with Gasteiger partial charge in [-0.2, -0.15) is 0 Å². The lowest BCUT2D eigenvalue weighted by atomic mass is 10.1. The zero-order valence-electron chi connectivity index (χ0n) is 9.86. The molecule has 1 heterocycles. The van der Waals surface area contributed by atoms with E-state index in [-0.39, 0.29) is 0 Å². The average Bonchev–Trinajstić information content (AvgIpc) is 3.07. The van der Waals surface area contributed by atoms with Gasteiger partial charge in [-0.15, -0.1) is 11.3 Å². The van der Waals surface area contributed by atoms with Crippen molar-refractivity contribution in [2.24, 2.45) is 5.92 Å². The Labute approximate surface area is 106 Å². The highest BCUT2D eigenvalue weighted by Gasteiger charge is 2.20. The fourth-order valence-electron chi connectivity index (χ4n) is 1.98. The summed E-state index contributed by atoms with van der Waals surface area (Å²) in [5.41, 5.74) is 2.66. The summed E-state index contributed by atoms with van der Waals surface area (Å²) in [4.78, 5) is 1.43. The second-order valence-electron chi connectivity index (χ2n) is 4.74. The first-order chi connectivity index (χ1) is 8.42. The number of hydrogen-bond donors (Lipinski definition) is 1. The van der Waals surface area contributed by atoms with E-state index < -0.39 is 0 Å². The van der Waals surface area contributed by atoms with Crippen molar-refractivity contribution < 1.29 is 0 Å². The number of nitrogens with one attached hydrogen (secondary N) is 1. The van der Waals surface area contributed by atoms with Crippen LogP contribution in [0.2, 0.25) is 0 Å². The molecular weight excluding hydrogens is 226 g/mol. The molecule has 0 saturated heterocycles. The van der Waals surface area contributed by atoms with Crippen molar-refractivity contribution in [2.75, 3.05) is 6.54 Å². The normalized spacial score (nSPS) is 15.1. The van der Waals surface area contributed by atoms with E-state index in [1.807, 2.05) is 11.3 Å². The van der Waals surface area contributed by atoms with Crippen molar-refractivity contribution in [2.45, 2.75) is 19.4 Å². The minimum Gasteiger partial charge on any atom is -0.312 e. The molecule has 0 spiro atoms. The Balaban J connectivity index is 1.61. The predicted molar refractivity (Wildman–Crippen MR) is 74.2 cm³/mol. The van der Waals surface area contributed by atoms with Crippen LogP contribution < -0.4 is 5.32 Å². The first-order valence-electron chi connectivity index (χ1n) is 6.25. The molecule has 88 valence electrons. The molecule has 0 radical (unpaired) electrons. The fourth-order valence-corrected chi connectivity index (χ4v) is 2.84. The van der Waals surface area contributed by atoms with Crippen molar-refractivity contribution in [1.82, 2.24) is 5.32 Å². The van der Waals surface area contributed by atoms with Gasteiger partial charge in [0.2, 0.25) is 0 Å². The fraction of sp³-hybridized carbons (Fsp3) is 0.333. The predicted octanol–water partition coefficient (Wildman–Crippen LogP) is 3.91. The van der Waals surface area contributed by atoms with Gasteiger partial charge in [-0.3, -0.25) is 0 Å². The van der Waals surface area contributed by atoms with Gasteiger partial charge in [-0.25, -0.2) is 0 Å². The Morgan fingerprint density at radius 1 is 1.12 bits per heavy atom. The van der Waals surface area contributed by atoms with Gasteiger partial charge in [0.05, 0.1) is 0 Å². The van der Waals surface area contributed by atoms with Crippen LogP contribution in [0.5, 0.6) is 0 Å². The van der Waals surface area contributed by atoms with Gasteiger partial charge in [-0.05, 0) is 47.9 Å². The molecule has 1 nitrogen and oxygen atoms in total. The molecule has 1 aliphatic carbocycles. The zero-order valence-corrected chi connectivity index (χ0v) is 10.7. The van der Waals surface area contributed by atoms with Crippen molar-refractivity contribution in [3.05, 3.63) is 46.7 Å². The number of thiophene rings is 1. The monoisotopic (exact) mass is 243 g/mol. The molecule has 2 aromatic rings. The van der Waals surface area contributed by atoms with Gasteiger partial charge in [-0.1, -0.05) is 30.3 Å². The van der Waals surface area contributed by atoms with Crippen LogP contribution >= 0.6 is 11.3 Å². The van der Waals surface area contributed by atoms with Crippen LogP contribution in [0.3, 0.4) is 0 Å². The van der Waals surface area contributed by atoms with Crippen LogP contribution in [-0.4, -0.2) is 6.54 Å². The first-order valence-corrected chi connectivity index (χ1v) is 7.13. The second-order valence-corrected chi connectivity index (χ2v) is 5.74. The van der Waals surface area contributed by atoms with Gasteiger partial charge >= 0.3 is 0 Å². The summed E-state index contributed by atoms with van der Waals surface area (Å²) in [5.74, 6) is 0.962. The van der Waals surface area contributed by atoms with Gasteiger partial charge in [0.1, 0.15) is 0 Å². The Morgan fingerprint density at radius 2 is 1.94 bits per heavy atom. The van der Waals surface area contributed by atoms with E-state index in [1.165, 1.54) is 35.4 Å². The van der Waals surface area contributed by atoms with Crippen LogP contribution in [0.4, 0.5) is 0 Å². The van der Waals surface area contributed by atoms with Crippen molar-refractivity contribution in [1.29, 1.82) is 0 Å². The van der Waals surface area contributed by atoms with Crippen LogP contribution in [0.15, 0.2) is 41.8 Å². The molecule has 1 fully saturated rings. The molecule has 1 N–H and O–H groups in total. The summed E-state index contributed by atoms with van der Waals surface area (Å²) in [6, 6.07) is 12.9. The summed E-state index contributed by atoms with van der Waals surface area (Å²) in [5, 5.41) is 5.79. The molecule has 0 atom stereocenters. The van der Waals surface area contributed by atoms with Gasteiger partial charge in [0.15, 0.2) is 0 Å². The molecule has 0 unspecified atom stereocenters. The molecule has 0 aliphatic heterocycles. The van der Waals surface area contributed by atoms with Gasteiger partial charge in [0, 0.05) is 11.4 Å². The van der Waals surface area contributed by atoms with Crippen LogP contribution in [0.25, 0.3) is 11.1 Å².